The van der Waals surface area contributed by atoms with Crippen molar-refractivity contribution in [2.75, 3.05) is 0 Å². The van der Waals surface area contributed by atoms with Crippen LogP contribution in [0, 0.1) is 11.3 Å². The molecule has 0 aliphatic rings. The van der Waals surface area contributed by atoms with Crippen molar-refractivity contribution >= 4 is 5.97 Å². The van der Waals surface area contributed by atoms with E-state index in [1.165, 1.54) is 0 Å². The van der Waals surface area contributed by atoms with Crippen LogP contribution < -0.4 is 0 Å². The normalized spacial score (nSPS) is 11.8. The number of hydrogen-bond donors (Lipinski definition) is 1. The molecule has 4 heteroatoms. The van der Waals surface area contributed by atoms with Gasteiger partial charge in [0.1, 0.15) is 0 Å². The number of carboxylic acid groups (broad SMARTS) is 1. The number of carbonyl (C=O) groups is 1. The number of nitriles is 1. The Balaban J connectivity index is 3.39. The van der Waals surface area contributed by atoms with Gasteiger partial charge in [0.25, 0.3) is 0 Å². The van der Waals surface area contributed by atoms with Gasteiger partial charge in [0.15, 0.2) is 5.92 Å². The smallest absolute Gasteiger partial charge is 0.325 e. The Kier molecular flexibility index (Phi) is 4.01. The standard InChI is InChI=1S/C12H14N2O2/c1-3-8-5-6-14-10(4-2)11(8)9(7-13)12(15)16/h5-6,9H,3-4H2,1-2H3,(H,15,16). The fourth-order valence-electron chi connectivity index (χ4n) is 1.75. The van der Waals surface area contributed by atoms with E-state index in [1.807, 2.05) is 19.9 Å². The SMILES string of the molecule is CCc1ccnc(CC)c1C(C#N)C(=O)O. The third-order valence-electron chi connectivity index (χ3n) is 2.54. The zero-order chi connectivity index (χ0) is 12.1. The summed E-state index contributed by atoms with van der Waals surface area (Å²) in [6.45, 7) is 3.84. The molecule has 16 heavy (non-hydrogen) atoms. The molecule has 0 aromatic carbocycles. The van der Waals surface area contributed by atoms with Gasteiger partial charge in [0.2, 0.25) is 0 Å². The summed E-state index contributed by atoms with van der Waals surface area (Å²) >= 11 is 0. The lowest BCUT2D eigenvalue weighted by Gasteiger charge is -2.13. The highest BCUT2D eigenvalue weighted by molar-refractivity contribution is 5.80. The van der Waals surface area contributed by atoms with Gasteiger partial charge in [-0.25, -0.2) is 0 Å². The van der Waals surface area contributed by atoms with Gasteiger partial charge in [-0.05, 0) is 24.5 Å². The minimum atomic E-state index is -1.11. The Morgan fingerprint density at radius 3 is 2.69 bits per heavy atom. The summed E-state index contributed by atoms with van der Waals surface area (Å²) in [4.78, 5) is 15.2. The van der Waals surface area contributed by atoms with E-state index in [0.29, 0.717) is 24.1 Å². The number of aryl methyl sites for hydroxylation is 2. The minimum Gasteiger partial charge on any atom is -0.480 e. The number of aromatic nitrogens is 1. The average Bonchev–Trinajstić information content (AvgIpc) is 2.29. The predicted octanol–water partition coefficient (Wildman–Crippen LogP) is 1.90. The van der Waals surface area contributed by atoms with Gasteiger partial charge < -0.3 is 5.11 Å². The van der Waals surface area contributed by atoms with Gasteiger partial charge in [-0.3, -0.25) is 9.78 Å². The zero-order valence-electron chi connectivity index (χ0n) is 9.40. The summed E-state index contributed by atoms with van der Waals surface area (Å²) in [5.74, 6) is -2.22. The average molecular weight is 218 g/mol. The highest BCUT2D eigenvalue weighted by atomic mass is 16.4. The summed E-state index contributed by atoms with van der Waals surface area (Å²) in [5.41, 5.74) is 2.16. The first-order valence-corrected chi connectivity index (χ1v) is 5.24. The molecule has 0 amide bonds. The van der Waals surface area contributed by atoms with Crippen LogP contribution in [0.4, 0.5) is 0 Å². The number of nitrogens with zero attached hydrogens (tertiary/aromatic N) is 2. The Bertz CT molecular complexity index is 413. The maximum absolute atomic E-state index is 11.0. The van der Waals surface area contributed by atoms with Gasteiger partial charge >= 0.3 is 5.97 Å². The van der Waals surface area contributed by atoms with Crippen molar-refractivity contribution in [1.82, 2.24) is 4.98 Å². The van der Waals surface area contributed by atoms with E-state index in [-0.39, 0.29) is 0 Å². The molecule has 0 bridgehead atoms. The lowest BCUT2D eigenvalue weighted by Crippen LogP contribution is -2.15. The van der Waals surface area contributed by atoms with Crippen molar-refractivity contribution < 1.29 is 9.90 Å². The van der Waals surface area contributed by atoms with Crippen molar-refractivity contribution in [2.24, 2.45) is 0 Å². The molecule has 0 fully saturated rings. The molecule has 1 rings (SSSR count). The second kappa shape index (κ2) is 5.26. The van der Waals surface area contributed by atoms with Crippen LogP contribution in [0.3, 0.4) is 0 Å². The third-order valence-corrected chi connectivity index (χ3v) is 2.54. The van der Waals surface area contributed by atoms with E-state index in [0.717, 1.165) is 5.56 Å². The Labute approximate surface area is 94.6 Å². The largest absolute Gasteiger partial charge is 0.480 e. The maximum atomic E-state index is 11.0. The zero-order valence-corrected chi connectivity index (χ0v) is 9.40. The predicted molar refractivity (Wildman–Crippen MR) is 59.0 cm³/mol. The highest BCUT2D eigenvalue weighted by Crippen LogP contribution is 2.24. The highest BCUT2D eigenvalue weighted by Gasteiger charge is 2.24. The lowest BCUT2D eigenvalue weighted by atomic mass is 9.92. The Morgan fingerprint density at radius 1 is 1.56 bits per heavy atom. The quantitative estimate of drug-likeness (QED) is 0.837. The lowest BCUT2D eigenvalue weighted by molar-refractivity contribution is -0.137. The molecule has 1 N–H and O–H groups in total. The third kappa shape index (κ3) is 2.19. The second-order valence-electron chi connectivity index (χ2n) is 3.44. The first-order valence-electron chi connectivity index (χ1n) is 5.24. The van der Waals surface area contributed by atoms with Crippen LogP contribution in [-0.4, -0.2) is 16.1 Å². The Morgan fingerprint density at radius 2 is 2.25 bits per heavy atom. The first-order chi connectivity index (χ1) is 7.65. The van der Waals surface area contributed by atoms with E-state index in [9.17, 15) is 4.79 Å². The van der Waals surface area contributed by atoms with E-state index < -0.39 is 11.9 Å². The molecule has 0 spiro atoms. The molecular weight excluding hydrogens is 204 g/mol. The van der Waals surface area contributed by atoms with Crippen LogP contribution in [0.2, 0.25) is 0 Å². The molecule has 1 aromatic heterocycles. The van der Waals surface area contributed by atoms with Crippen LogP contribution in [-0.2, 0) is 17.6 Å². The van der Waals surface area contributed by atoms with Gasteiger partial charge in [-0.2, -0.15) is 5.26 Å². The van der Waals surface area contributed by atoms with Gasteiger partial charge in [0.05, 0.1) is 6.07 Å². The molecule has 1 heterocycles. The van der Waals surface area contributed by atoms with E-state index in [2.05, 4.69) is 4.98 Å². The number of carboxylic acids is 1. The van der Waals surface area contributed by atoms with Crippen molar-refractivity contribution in [3.63, 3.8) is 0 Å². The summed E-state index contributed by atoms with van der Waals surface area (Å²) in [5, 5.41) is 17.9. The fourth-order valence-corrected chi connectivity index (χ4v) is 1.75. The topological polar surface area (TPSA) is 74.0 Å². The van der Waals surface area contributed by atoms with Crippen LogP contribution in [0.15, 0.2) is 12.3 Å². The van der Waals surface area contributed by atoms with Crippen molar-refractivity contribution in [2.45, 2.75) is 32.6 Å². The molecule has 0 radical (unpaired) electrons. The molecule has 1 unspecified atom stereocenters. The molecule has 0 aliphatic carbocycles. The number of rotatable bonds is 4. The molecule has 1 atom stereocenters. The van der Waals surface area contributed by atoms with Crippen molar-refractivity contribution in [1.29, 1.82) is 5.26 Å². The first kappa shape index (κ1) is 12.2. The second-order valence-corrected chi connectivity index (χ2v) is 3.44. The van der Waals surface area contributed by atoms with Crippen LogP contribution in [0.5, 0.6) is 0 Å². The van der Waals surface area contributed by atoms with Crippen molar-refractivity contribution in [3.05, 3.63) is 29.1 Å². The van der Waals surface area contributed by atoms with Crippen molar-refractivity contribution in [3.8, 4) is 6.07 Å². The van der Waals surface area contributed by atoms with E-state index in [1.54, 1.807) is 12.3 Å². The number of aliphatic carboxylic acids is 1. The van der Waals surface area contributed by atoms with E-state index in [4.69, 9.17) is 10.4 Å². The molecular formula is C12H14N2O2. The summed E-state index contributed by atoms with van der Waals surface area (Å²) in [6, 6.07) is 3.61. The molecule has 0 saturated heterocycles. The molecule has 0 aliphatic heterocycles. The van der Waals surface area contributed by atoms with Crippen LogP contribution >= 0.6 is 0 Å². The minimum absolute atomic E-state index is 0.572. The maximum Gasteiger partial charge on any atom is 0.325 e. The Hall–Kier alpha value is -1.89. The number of pyridine rings is 1. The molecule has 0 saturated carbocycles. The molecule has 1 aromatic rings. The van der Waals surface area contributed by atoms with Crippen LogP contribution in [0.1, 0.15) is 36.6 Å². The number of hydrogen-bond acceptors (Lipinski definition) is 3. The summed E-state index contributed by atoms with van der Waals surface area (Å²) < 4.78 is 0. The molecule has 84 valence electrons. The van der Waals surface area contributed by atoms with Crippen LogP contribution in [0.25, 0.3) is 0 Å². The van der Waals surface area contributed by atoms with Gasteiger partial charge in [-0.15, -0.1) is 0 Å². The summed E-state index contributed by atoms with van der Waals surface area (Å²) in [6.07, 6.45) is 3.00. The van der Waals surface area contributed by atoms with Gasteiger partial charge in [-0.1, -0.05) is 13.8 Å². The monoisotopic (exact) mass is 218 g/mol. The van der Waals surface area contributed by atoms with Gasteiger partial charge in [0, 0.05) is 17.5 Å². The van der Waals surface area contributed by atoms with E-state index >= 15 is 0 Å². The molecule has 4 nitrogen and oxygen atoms in total. The fraction of sp³-hybridized carbons (Fsp3) is 0.417. The summed E-state index contributed by atoms with van der Waals surface area (Å²) in [7, 11) is 0.